The number of aryl methyl sites for hydroxylation is 2. The van der Waals surface area contributed by atoms with Crippen molar-refractivity contribution in [2.75, 3.05) is 23.0 Å². The molecule has 6 aromatic carbocycles. The normalized spacial score (nSPS) is 10.8. The molecule has 0 radical (unpaired) electrons. The number of esters is 1. The van der Waals surface area contributed by atoms with Gasteiger partial charge >= 0.3 is 5.97 Å². The maximum Gasteiger partial charge on any atom is 0.330 e. The maximum atomic E-state index is 11.4. The van der Waals surface area contributed by atoms with Crippen LogP contribution in [-0.2, 0) is 22.4 Å². The quantitative estimate of drug-likeness (QED) is 0.0989. The Balaban J connectivity index is 1.26. The van der Waals surface area contributed by atoms with Crippen LogP contribution in [0.4, 0.5) is 34.1 Å². The lowest BCUT2D eigenvalue weighted by molar-refractivity contribution is -0.137. The van der Waals surface area contributed by atoms with Gasteiger partial charge in [0.1, 0.15) is 0 Å². The lowest BCUT2D eigenvalue weighted by Crippen LogP contribution is -2.10. The lowest BCUT2D eigenvalue weighted by atomic mass is 10.0. The molecule has 0 aliphatic rings. The van der Waals surface area contributed by atoms with Crippen molar-refractivity contribution in [3.05, 3.63) is 181 Å². The van der Waals surface area contributed by atoms with Crippen molar-refractivity contribution in [1.29, 1.82) is 0 Å². The van der Waals surface area contributed by atoms with Crippen molar-refractivity contribution in [2.24, 2.45) is 0 Å². The number of benzene rings is 6. The number of anilines is 6. The molecule has 0 bridgehead atoms. The standard InChI is InChI=1S/C45H42N2O3/c1-4-45(49)50-30-28-36-13-21-40(22-14-36)47(44-10-6-8-34(3)32-44)42-25-17-38(18-26-42)37-15-23-41(24-16-37)46(43-9-5-7-33(2)31-43)39-19-11-35(12-20-39)27-29-48/h4-26,31-32,48H,1,27-30H2,2-3H3. The van der Waals surface area contributed by atoms with Gasteiger partial charge in [0.05, 0.1) is 6.61 Å². The van der Waals surface area contributed by atoms with Crippen LogP contribution in [-0.4, -0.2) is 24.3 Å². The van der Waals surface area contributed by atoms with Crippen LogP contribution in [0.2, 0.25) is 0 Å². The van der Waals surface area contributed by atoms with Gasteiger partial charge in [0.15, 0.2) is 0 Å². The molecule has 50 heavy (non-hydrogen) atoms. The molecule has 0 saturated carbocycles. The number of carbonyl (C=O) groups is 1. The van der Waals surface area contributed by atoms with Crippen LogP contribution in [0.5, 0.6) is 0 Å². The molecule has 0 saturated heterocycles. The summed E-state index contributed by atoms with van der Waals surface area (Å²) < 4.78 is 5.17. The molecule has 0 spiro atoms. The second kappa shape index (κ2) is 16.0. The van der Waals surface area contributed by atoms with Gasteiger partial charge in [0.2, 0.25) is 0 Å². The molecular formula is C45H42N2O3. The number of ether oxygens (including phenoxy) is 1. The van der Waals surface area contributed by atoms with Crippen LogP contribution in [0.1, 0.15) is 22.3 Å². The Morgan fingerprint density at radius 3 is 1.36 bits per heavy atom. The number of nitrogens with zero attached hydrogens (tertiary/aromatic N) is 2. The SMILES string of the molecule is C=CC(=O)OCCc1ccc(N(c2ccc(-c3ccc(N(c4ccc(CCO)cc4)c4cccc(C)c4)cc3)cc2)c2cccc(C)c2)cc1. The predicted molar refractivity (Wildman–Crippen MR) is 206 cm³/mol. The highest BCUT2D eigenvalue weighted by atomic mass is 16.5. The van der Waals surface area contributed by atoms with E-state index in [0.29, 0.717) is 19.4 Å². The van der Waals surface area contributed by atoms with Gasteiger partial charge in [-0.15, -0.1) is 0 Å². The molecule has 250 valence electrons. The van der Waals surface area contributed by atoms with E-state index in [-0.39, 0.29) is 6.61 Å². The highest BCUT2D eigenvalue weighted by Gasteiger charge is 2.15. The Hall–Kier alpha value is -5.91. The second-order valence-corrected chi connectivity index (χ2v) is 12.4. The van der Waals surface area contributed by atoms with E-state index >= 15 is 0 Å². The minimum atomic E-state index is -0.406. The smallest absolute Gasteiger partial charge is 0.330 e. The van der Waals surface area contributed by atoms with Crippen LogP contribution in [0.25, 0.3) is 11.1 Å². The van der Waals surface area contributed by atoms with E-state index < -0.39 is 5.97 Å². The number of hydrogen-bond donors (Lipinski definition) is 1. The highest BCUT2D eigenvalue weighted by Crippen LogP contribution is 2.38. The summed E-state index contributed by atoms with van der Waals surface area (Å²) in [6, 6.07) is 51.2. The third-order valence-electron chi connectivity index (χ3n) is 8.70. The molecular weight excluding hydrogens is 617 g/mol. The number of aliphatic hydroxyl groups is 1. The fraction of sp³-hybridized carbons (Fsp3) is 0.133. The molecule has 1 N–H and O–H groups in total. The zero-order chi connectivity index (χ0) is 34.9. The molecule has 0 aliphatic heterocycles. The van der Waals surface area contributed by atoms with Crippen molar-refractivity contribution in [1.82, 2.24) is 0 Å². The van der Waals surface area contributed by atoms with Crippen molar-refractivity contribution >= 4 is 40.1 Å². The van der Waals surface area contributed by atoms with Gasteiger partial charge in [-0.3, -0.25) is 0 Å². The molecule has 0 aromatic heterocycles. The summed E-state index contributed by atoms with van der Waals surface area (Å²) in [4.78, 5) is 16.0. The average molecular weight is 659 g/mol. The molecule has 0 heterocycles. The van der Waals surface area contributed by atoms with Gasteiger partial charge in [-0.05, 0) is 126 Å². The maximum absolute atomic E-state index is 11.4. The molecule has 0 aliphatic carbocycles. The van der Waals surface area contributed by atoms with E-state index in [1.807, 2.05) is 0 Å². The minimum Gasteiger partial charge on any atom is -0.462 e. The first-order valence-corrected chi connectivity index (χ1v) is 16.9. The molecule has 5 heteroatoms. The van der Waals surface area contributed by atoms with Crippen molar-refractivity contribution in [2.45, 2.75) is 26.7 Å². The Morgan fingerprint density at radius 1 is 0.580 bits per heavy atom. The fourth-order valence-corrected chi connectivity index (χ4v) is 6.12. The van der Waals surface area contributed by atoms with Crippen molar-refractivity contribution in [3.8, 4) is 11.1 Å². The number of carbonyl (C=O) groups excluding carboxylic acids is 1. The molecule has 0 fully saturated rings. The molecule has 0 atom stereocenters. The van der Waals surface area contributed by atoms with Gasteiger partial charge in [-0.2, -0.15) is 0 Å². The summed E-state index contributed by atoms with van der Waals surface area (Å²) in [5.74, 6) is -0.406. The van der Waals surface area contributed by atoms with Crippen LogP contribution in [0.15, 0.2) is 158 Å². The summed E-state index contributed by atoms with van der Waals surface area (Å²) in [5.41, 5.74) is 13.2. The summed E-state index contributed by atoms with van der Waals surface area (Å²) in [5, 5.41) is 9.39. The summed E-state index contributed by atoms with van der Waals surface area (Å²) in [6.07, 6.45) is 2.47. The predicted octanol–water partition coefficient (Wildman–Crippen LogP) is 10.7. The molecule has 5 nitrogen and oxygen atoms in total. The highest BCUT2D eigenvalue weighted by molar-refractivity contribution is 5.82. The monoisotopic (exact) mass is 658 g/mol. The zero-order valence-electron chi connectivity index (χ0n) is 28.6. The van der Waals surface area contributed by atoms with Gasteiger partial charge in [0.25, 0.3) is 0 Å². The van der Waals surface area contributed by atoms with Gasteiger partial charge < -0.3 is 19.6 Å². The fourth-order valence-electron chi connectivity index (χ4n) is 6.12. The Bertz CT molecular complexity index is 2030. The van der Waals surface area contributed by atoms with E-state index in [1.54, 1.807) is 0 Å². The third-order valence-corrected chi connectivity index (χ3v) is 8.70. The zero-order valence-corrected chi connectivity index (χ0v) is 28.6. The van der Waals surface area contributed by atoms with Gasteiger partial charge in [-0.25, -0.2) is 4.79 Å². The largest absolute Gasteiger partial charge is 0.462 e. The average Bonchev–Trinajstić information content (AvgIpc) is 3.14. The molecule has 6 rings (SSSR count). The molecule has 6 aromatic rings. The second-order valence-electron chi connectivity index (χ2n) is 12.4. The first kappa shape index (κ1) is 34.0. The summed E-state index contributed by atoms with van der Waals surface area (Å²) in [7, 11) is 0. The van der Waals surface area contributed by atoms with Gasteiger partial charge in [-0.1, -0.05) is 79.4 Å². The summed E-state index contributed by atoms with van der Waals surface area (Å²) >= 11 is 0. The topological polar surface area (TPSA) is 53.0 Å². The number of hydrogen-bond acceptors (Lipinski definition) is 5. The van der Waals surface area contributed by atoms with E-state index in [4.69, 9.17) is 4.74 Å². The Kier molecular flexibility index (Phi) is 10.9. The van der Waals surface area contributed by atoms with E-state index in [9.17, 15) is 9.90 Å². The minimum absolute atomic E-state index is 0.137. The van der Waals surface area contributed by atoms with Crippen LogP contribution < -0.4 is 9.80 Å². The third kappa shape index (κ3) is 8.20. The molecule has 0 unspecified atom stereocenters. The van der Waals surface area contributed by atoms with Crippen molar-refractivity contribution < 1.29 is 14.6 Å². The Labute approximate surface area is 295 Å². The van der Waals surface area contributed by atoms with Crippen LogP contribution >= 0.6 is 0 Å². The summed E-state index contributed by atoms with van der Waals surface area (Å²) in [6.45, 7) is 8.13. The number of rotatable bonds is 13. The van der Waals surface area contributed by atoms with Gasteiger partial charge in [0, 0.05) is 53.2 Å². The van der Waals surface area contributed by atoms with E-state index in [0.717, 1.165) is 56.4 Å². The van der Waals surface area contributed by atoms with Crippen LogP contribution in [0.3, 0.4) is 0 Å². The van der Waals surface area contributed by atoms with E-state index in [2.05, 4.69) is 176 Å². The van der Waals surface area contributed by atoms with Crippen molar-refractivity contribution in [3.63, 3.8) is 0 Å². The van der Waals surface area contributed by atoms with E-state index in [1.165, 1.54) is 17.2 Å². The molecule has 0 amide bonds. The van der Waals surface area contributed by atoms with Crippen LogP contribution in [0, 0.1) is 13.8 Å². The lowest BCUT2D eigenvalue weighted by Gasteiger charge is -2.27. The Morgan fingerprint density at radius 2 is 0.980 bits per heavy atom. The number of aliphatic hydroxyl groups excluding tert-OH is 1. The first-order chi connectivity index (χ1) is 24.4. The first-order valence-electron chi connectivity index (χ1n) is 16.9.